The van der Waals surface area contributed by atoms with Crippen molar-refractivity contribution in [2.75, 3.05) is 32.8 Å². The summed E-state index contributed by atoms with van der Waals surface area (Å²) < 4.78 is 0. The highest BCUT2D eigenvalue weighted by atomic mass is 16.4. The van der Waals surface area contributed by atoms with Crippen LogP contribution in [-0.4, -0.2) is 269 Å². The number of hydrogen-bond acceptors (Lipinski definition) is 22. The van der Waals surface area contributed by atoms with Crippen LogP contribution in [0.2, 0.25) is 0 Å². The SMILES string of the molecule is CC(C)[C@H](NC(=O)[C@H](CC(=O)O)NC(=O)[C@H](CO)NC(=O)[C@H](CCC(=O)O)NC(=O)[C@H](CCC(=O)O)NC(=O)[C@@H]1CCCN1C(=O)[C@@H](N)CCC(=O)O)C(=O)NCC(=O)NCC(=O)N[C@@H](C)C(=O)N[C@@H](C)C(=O)N[C@@H](CC(=O)O)C(=O)N[C@@H](Cc1ccc(O)cc1)C(=O)N1CCC[C@H]1C(=O)O. The van der Waals surface area contributed by atoms with Crippen molar-refractivity contribution in [3.63, 3.8) is 0 Å². The quantitative estimate of drug-likeness (QED) is 0.0289. The summed E-state index contributed by atoms with van der Waals surface area (Å²) in [6.45, 7) is 2.12. The van der Waals surface area contributed by atoms with Gasteiger partial charge in [0.05, 0.1) is 38.6 Å². The van der Waals surface area contributed by atoms with Gasteiger partial charge in [0.2, 0.25) is 76.8 Å². The molecule has 13 amide bonds. The molecule has 0 saturated carbocycles. The van der Waals surface area contributed by atoms with Crippen LogP contribution in [0.1, 0.15) is 110 Å². The van der Waals surface area contributed by atoms with Gasteiger partial charge in [-0.25, -0.2) is 4.79 Å². The topological polar surface area (TPSA) is 651 Å². The monoisotopic (exact) mass is 1430 g/mol. The van der Waals surface area contributed by atoms with Crippen LogP contribution in [0.3, 0.4) is 0 Å². The van der Waals surface area contributed by atoms with Gasteiger partial charge >= 0.3 is 35.8 Å². The Hall–Kier alpha value is -11.1. The largest absolute Gasteiger partial charge is 0.508 e. The lowest BCUT2D eigenvalue weighted by Gasteiger charge is -2.29. The van der Waals surface area contributed by atoms with Crippen LogP contribution in [0.4, 0.5) is 0 Å². The average molecular weight is 1440 g/mol. The van der Waals surface area contributed by atoms with Gasteiger partial charge in [0.25, 0.3) is 0 Å². The molecule has 2 aliphatic heterocycles. The van der Waals surface area contributed by atoms with Gasteiger partial charge in [-0.1, -0.05) is 26.0 Å². The molecule has 558 valence electrons. The normalized spacial score (nSPS) is 16.9. The molecule has 1 aromatic carbocycles. The van der Waals surface area contributed by atoms with E-state index < -0.39 is 256 Å². The molecule has 2 heterocycles. The fourth-order valence-corrected chi connectivity index (χ4v) is 10.2. The van der Waals surface area contributed by atoms with E-state index in [0.717, 1.165) is 23.6 Å². The van der Waals surface area contributed by atoms with E-state index in [1.165, 1.54) is 38.1 Å². The van der Waals surface area contributed by atoms with Crippen molar-refractivity contribution in [1.82, 2.24) is 68.3 Å². The number of phenolic OH excluding ortho intramolecular Hbond substituents is 1. The molecule has 0 aliphatic carbocycles. The van der Waals surface area contributed by atoms with E-state index in [1.807, 2.05) is 10.6 Å². The number of likely N-dealkylation sites (tertiary alicyclic amines) is 2. The van der Waals surface area contributed by atoms with Crippen molar-refractivity contribution in [2.24, 2.45) is 11.7 Å². The molecule has 3 rings (SSSR count). The maximum Gasteiger partial charge on any atom is 0.326 e. The summed E-state index contributed by atoms with van der Waals surface area (Å²) in [4.78, 5) is 246. The number of benzene rings is 1. The molecule has 2 fully saturated rings. The predicted octanol–water partition coefficient (Wildman–Crippen LogP) is -7.84. The average Bonchev–Trinajstić information content (AvgIpc) is 1.38. The van der Waals surface area contributed by atoms with Crippen LogP contribution in [0, 0.1) is 5.92 Å². The van der Waals surface area contributed by atoms with Crippen LogP contribution in [0.25, 0.3) is 0 Å². The third-order valence-electron chi connectivity index (χ3n) is 15.7. The molecule has 1 aromatic rings. The number of carboxylic acids is 6. The number of carboxylic acid groups (broad SMARTS) is 6. The van der Waals surface area contributed by atoms with Crippen LogP contribution < -0.4 is 64.2 Å². The lowest BCUT2D eigenvalue weighted by Crippen LogP contribution is -2.61. The van der Waals surface area contributed by atoms with Crippen LogP contribution in [0.5, 0.6) is 5.75 Å². The van der Waals surface area contributed by atoms with E-state index >= 15 is 0 Å². The summed E-state index contributed by atoms with van der Waals surface area (Å²) in [5, 5.41) is 101. The van der Waals surface area contributed by atoms with E-state index in [-0.39, 0.29) is 50.9 Å². The minimum Gasteiger partial charge on any atom is -0.508 e. The second-order valence-corrected chi connectivity index (χ2v) is 24.0. The number of hydrogen-bond donors (Lipinski definition) is 20. The molecule has 41 heteroatoms. The molecule has 0 radical (unpaired) electrons. The smallest absolute Gasteiger partial charge is 0.326 e. The number of amides is 13. The van der Waals surface area contributed by atoms with Crippen molar-refractivity contribution >= 4 is 113 Å². The zero-order chi connectivity index (χ0) is 76.1. The van der Waals surface area contributed by atoms with Gasteiger partial charge in [0, 0.05) is 38.8 Å². The van der Waals surface area contributed by atoms with E-state index in [1.54, 1.807) is 0 Å². The highest BCUT2D eigenvalue weighted by Gasteiger charge is 2.42. The number of carbonyl (C=O) groups excluding carboxylic acids is 13. The van der Waals surface area contributed by atoms with Crippen LogP contribution in [-0.2, 0) is 97.5 Å². The second kappa shape index (κ2) is 40.7. The molecular formula is C60H86N14O27. The Labute approximate surface area is 574 Å². The number of phenols is 1. The summed E-state index contributed by atoms with van der Waals surface area (Å²) >= 11 is 0. The van der Waals surface area contributed by atoms with Gasteiger partial charge in [-0.2, -0.15) is 0 Å². The standard InChI is InChI=1S/C60H86N14O27/c1-27(2)48(57(97)63-24-41(77)62-25-42(78)64-28(3)49(89)65-29(4)50(90)68-35(22-46(85)86)53(93)70-37(21-30-9-11-31(76)12-10-30)59(99)74-20-6-8-40(74)60(100)101)72-54(94)36(23-47(87)88)69-55(95)38(26-75)71-52(92)33(14-17-44(81)82)66-51(91)34(15-18-45(83)84)67-56(96)39-7-5-19-73(39)58(98)32(61)13-16-43(79)80/h9-12,27-29,32-40,48,75-76H,5-8,13-26,61H2,1-4H3,(H,62,77)(H,63,97)(H,64,78)(H,65,89)(H,66,91)(H,67,96)(H,68,90)(H,69,95)(H,70,93)(H,71,92)(H,72,94)(H,79,80)(H,81,82)(H,83,84)(H,85,86)(H,87,88)(H,100,101)/t28-,29-,32-,33-,34-,35-,36-,37-,38-,39-,40-,48-/m0/s1. The van der Waals surface area contributed by atoms with Gasteiger partial charge in [-0.15, -0.1) is 0 Å². The Kier molecular flexibility index (Phi) is 33.9. The fraction of sp³-hybridized carbons (Fsp3) is 0.583. The van der Waals surface area contributed by atoms with Crippen molar-refractivity contribution in [3.8, 4) is 5.75 Å². The van der Waals surface area contributed by atoms with Gasteiger partial charge in [0.15, 0.2) is 0 Å². The number of nitrogens with zero attached hydrogens (tertiary/aromatic N) is 2. The summed E-state index contributed by atoms with van der Waals surface area (Å²) in [6, 6.07) is -14.2. The predicted molar refractivity (Wildman–Crippen MR) is 339 cm³/mol. The molecule has 0 spiro atoms. The molecule has 0 bridgehead atoms. The van der Waals surface area contributed by atoms with E-state index in [4.69, 9.17) is 10.8 Å². The lowest BCUT2D eigenvalue weighted by atomic mass is 10.0. The van der Waals surface area contributed by atoms with Gasteiger partial charge in [0.1, 0.15) is 72.2 Å². The first-order valence-corrected chi connectivity index (χ1v) is 31.7. The number of aliphatic carboxylic acids is 6. The minimum absolute atomic E-state index is 0.00251. The highest BCUT2D eigenvalue weighted by molar-refractivity contribution is 6.01. The van der Waals surface area contributed by atoms with E-state index in [9.17, 15) is 127 Å². The first kappa shape index (κ1) is 84.1. The van der Waals surface area contributed by atoms with Gasteiger partial charge < -0.3 is 115 Å². The molecular weight excluding hydrogens is 1350 g/mol. The third-order valence-corrected chi connectivity index (χ3v) is 15.7. The number of rotatable bonds is 42. The van der Waals surface area contributed by atoms with Gasteiger partial charge in [-0.05, 0) is 82.4 Å². The number of nitrogens with two attached hydrogens (primary N) is 1. The molecule has 21 N–H and O–H groups in total. The van der Waals surface area contributed by atoms with Crippen molar-refractivity contribution in [3.05, 3.63) is 29.8 Å². The number of aliphatic hydroxyl groups is 1. The first-order chi connectivity index (χ1) is 47.3. The number of nitrogens with one attached hydrogen (secondary N) is 11. The molecule has 2 saturated heterocycles. The Morgan fingerprint density at radius 1 is 0.455 bits per heavy atom. The zero-order valence-corrected chi connectivity index (χ0v) is 55.3. The Morgan fingerprint density at radius 3 is 1.40 bits per heavy atom. The van der Waals surface area contributed by atoms with Crippen LogP contribution >= 0.6 is 0 Å². The summed E-state index contributed by atoms with van der Waals surface area (Å²) in [5.41, 5.74) is 6.28. The first-order valence-electron chi connectivity index (χ1n) is 31.7. The van der Waals surface area contributed by atoms with E-state index in [2.05, 4.69) is 47.9 Å². The number of carbonyl (C=O) groups is 19. The molecule has 12 atom stereocenters. The van der Waals surface area contributed by atoms with Crippen LogP contribution in [0.15, 0.2) is 24.3 Å². The minimum atomic E-state index is -2.10. The maximum absolute atomic E-state index is 13.7. The maximum atomic E-state index is 13.7. The lowest BCUT2D eigenvalue weighted by molar-refractivity contribution is -0.149. The molecule has 101 heavy (non-hydrogen) atoms. The summed E-state index contributed by atoms with van der Waals surface area (Å²) in [6.07, 6.45) is -5.47. The third kappa shape index (κ3) is 28.3. The summed E-state index contributed by atoms with van der Waals surface area (Å²) in [7, 11) is 0. The van der Waals surface area contributed by atoms with Crippen molar-refractivity contribution in [1.29, 1.82) is 0 Å². The number of aromatic hydroxyl groups is 1. The molecule has 0 aromatic heterocycles. The summed E-state index contributed by atoms with van der Waals surface area (Å²) in [5.74, 6) is -24.2. The van der Waals surface area contributed by atoms with Crippen molar-refractivity contribution < 1.29 is 132 Å². The molecule has 0 unspecified atom stereocenters. The van der Waals surface area contributed by atoms with Gasteiger partial charge in [-0.3, -0.25) is 86.3 Å². The highest BCUT2D eigenvalue weighted by Crippen LogP contribution is 2.22. The fourth-order valence-electron chi connectivity index (χ4n) is 10.2. The Bertz CT molecular complexity index is 3260. The Balaban J connectivity index is 1.61. The molecule has 41 nitrogen and oxygen atoms in total. The zero-order valence-electron chi connectivity index (χ0n) is 55.3. The van der Waals surface area contributed by atoms with E-state index in [0.29, 0.717) is 12.0 Å². The second-order valence-electron chi connectivity index (χ2n) is 24.0. The Morgan fingerprint density at radius 2 is 0.881 bits per heavy atom. The molecule has 2 aliphatic rings. The van der Waals surface area contributed by atoms with Crippen molar-refractivity contribution in [2.45, 2.75) is 184 Å². The number of aliphatic hydroxyl groups excluding tert-OH is 1.